The van der Waals surface area contributed by atoms with E-state index in [0.29, 0.717) is 5.75 Å². The molecule has 0 aliphatic carbocycles. The van der Waals surface area contributed by atoms with Crippen LogP contribution in [-0.4, -0.2) is 56.3 Å². The van der Waals surface area contributed by atoms with Gasteiger partial charge in [0.1, 0.15) is 12.3 Å². The van der Waals surface area contributed by atoms with Crippen molar-refractivity contribution in [2.75, 3.05) is 51.2 Å². The van der Waals surface area contributed by atoms with Crippen LogP contribution in [0.2, 0.25) is 5.02 Å². The van der Waals surface area contributed by atoms with Gasteiger partial charge in [-0.15, -0.1) is 0 Å². The minimum Gasteiger partial charge on any atom is -0.495 e. The molecule has 1 amide bonds. The van der Waals surface area contributed by atoms with Gasteiger partial charge in [-0.05, 0) is 48.0 Å². The van der Waals surface area contributed by atoms with Crippen LogP contribution in [0.1, 0.15) is 5.56 Å². The molecular weight excluding hydrogens is 518 g/mol. The van der Waals surface area contributed by atoms with Gasteiger partial charge >= 0.3 is 0 Å². The first kappa shape index (κ1) is 27.9. The minimum absolute atomic E-state index is 0.0979. The number of sulfonamides is 1. The molecule has 0 atom stereocenters. The quantitative estimate of drug-likeness (QED) is 0.388. The lowest BCUT2D eigenvalue weighted by atomic mass is 10.2. The SMILES string of the molecule is COc1ccc(S(=O)(=O)N(CC(=O)NCc2ccc(N(C)C)cc2)c2cc(Cl)ccc2OC)cc1OC. The number of amides is 1. The number of hydrogen-bond acceptors (Lipinski definition) is 7. The van der Waals surface area contributed by atoms with Crippen LogP contribution in [0.4, 0.5) is 11.4 Å². The Hall–Kier alpha value is -3.63. The Morgan fingerprint density at radius 2 is 1.49 bits per heavy atom. The maximum absolute atomic E-state index is 13.8. The monoisotopic (exact) mass is 547 g/mol. The summed E-state index contributed by atoms with van der Waals surface area (Å²) < 4.78 is 44.5. The van der Waals surface area contributed by atoms with Gasteiger partial charge in [-0.25, -0.2) is 8.42 Å². The van der Waals surface area contributed by atoms with Crippen molar-refractivity contribution >= 4 is 38.9 Å². The predicted octanol–water partition coefficient (Wildman–Crippen LogP) is 3.94. The van der Waals surface area contributed by atoms with E-state index in [4.69, 9.17) is 25.8 Å². The van der Waals surface area contributed by atoms with E-state index < -0.39 is 22.5 Å². The smallest absolute Gasteiger partial charge is 0.265 e. The number of benzene rings is 3. The summed E-state index contributed by atoms with van der Waals surface area (Å²) in [5.41, 5.74) is 2.01. The number of carbonyl (C=O) groups is 1. The van der Waals surface area contributed by atoms with Crippen molar-refractivity contribution in [1.29, 1.82) is 0 Å². The van der Waals surface area contributed by atoms with Gasteiger partial charge in [0.2, 0.25) is 5.91 Å². The van der Waals surface area contributed by atoms with Crippen LogP contribution >= 0.6 is 11.6 Å². The number of hydrogen-bond donors (Lipinski definition) is 1. The van der Waals surface area contributed by atoms with Crippen LogP contribution < -0.4 is 28.7 Å². The van der Waals surface area contributed by atoms with Gasteiger partial charge in [0.05, 0.1) is 31.9 Å². The first-order chi connectivity index (χ1) is 17.6. The lowest BCUT2D eigenvalue weighted by Gasteiger charge is -2.26. The second kappa shape index (κ2) is 12.1. The molecule has 0 aliphatic rings. The Kier molecular flexibility index (Phi) is 9.12. The van der Waals surface area contributed by atoms with Gasteiger partial charge in [-0.2, -0.15) is 0 Å². The van der Waals surface area contributed by atoms with Gasteiger partial charge in [-0.3, -0.25) is 9.10 Å². The molecule has 0 bridgehead atoms. The number of ether oxygens (including phenoxy) is 3. The summed E-state index contributed by atoms with van der Waals surface area (Å²) in [5.74, 6) is 0.321. The molecule has 0 fully saturated rings. The van der Waals surface area contributed by atoms with Crippen LogP contribution in [0.5, 0.6) is 17.2 Å². The average molecular weight is 548 g/mol. The van der Waals surface area contributed by atoms with E-state index in [1.807, 2.05) is 43.3 Å². The second-order valence-corrected chi connectivity index (χ2v) is 10.5. The van der Waals surface area contributed by atoms with E-state index in [2.05, 4.69) is 5.32 Å². The maximum atomic E-state index is 13.8. The molecule has 3 aromatic rings. The van der Waals surface area contributed by atoms with Crippen molar-refractivity contribution in [2.45, 2.75) is 11.4 Å². The van der Waals surface area contributed by atoms with Crippen LogP contribution in [0.3, 0.4) is 0 Å². The molecular formula is C26H30ClN3O6S. The molecule has 0 saturated carbocycles. The zero-order chi connectivity index (χ0) is 27.2. The highest BCUT2D eigenvalue weighted by Gasteiger charge is 2.30. The Balaban J connectivity index is 1.95. The van der Waals surface area contributed by atoms with E-state index in [1.165, 1.54) is 45.6 Å². The summed E-state index contributed by atoms with van der Waals surface area (Å²) in [7, 11) is 3.88. The molecule has 1 N–H and O–H groups in total. The van der Waals surface area contributed by atoms with Gasteiger partial charge < -0.3 is 24.4 Å². The molecule has 9 nitrogen and oxygen atoms in total. The standard InChI is InChI=1S/C26H30ClN3O6S/c1-29(2)20-9-6-18(7-10-20)16-28-26(31)17-30(22-14-19(27)8-12-23(22)34-3)37(32,33)21-11-13-24(35-4)25(15-21)36-5/h6-15H,16-17H2,1-5H3,(H,28,31). The molecule has 0 radical (unpaired) electrons. The van der Waals surface area contributed by atoms with Crippen molar-refractivity contribution in [2.24, 2.45) is 0 Å². The van der Waals surface area contributed by atoms with Gasteiger partial charge in [-0.1, -0.05) is 23.7 Å². The minimum atomic E-state index is -4.26. The highest BCUT2D eigenvalue weighted by atomic mass is 35.5. The number of rotatable bonds is 11. The molecule has 0 aromatic heterocycles. The molecule has 3 rings (SSSR count). The lowest BCUT2D eigenvalue weighted by Crippen LogP contribution is -2.40. The third-order valence-corrected chi connectivity index (χ3v) is 7.57. The fraction of sp³-hybridized carbons (Fsp3) is 0.269. The Morgan fingerprint density at radius 1 is 0.865 bits per heavy atom. The number of anilines is 2. The molecule has 37 heavy (non-hydrogen) atoms. The van der Waals surface area contributed by atoms with Crippen molar-refractivity contribution in [3.05, 3.63) is 71.2 Å². The predicted molar refractivity (Wildman–Crippen MR) is 145 cm³/mol. The van der Waals surface area contributed by atoms with E-state index >= 15 is 0 Å². The molecule has 0 spiro atoms. The first-order valence-electron chi connectivity index (χ1n) is 11.2. The summed E-state index contributed by atoms with van der Waals surface area (Å²) >= 11 is 6.20. The van der Waals surface area contributed by atoms with Crippen molar-refractivity contribution in [3.8, 4) is 17.2 Å². The lowest BCUT2D eigenvalue weighted by molar-refractivity contribution is -0.119. The van der Waals surface area contributed by atoms with E-state index in [9.17, 15) is 13.2 Å². The molecule has 0 aliphatic heterocycles. The van der Waals surface area contributed by atoms with Gasteiger partial charge in [0.15, 0.2) is 11.5 Å². The molecule has 0 unspecified atom stereocenters. The van der Waals surface area contributed by atoms with Crippen molar-refractivity contribution in [3.63, 3.8) is 0 Å². The number of carbonyl (C=O) groups excluding carboxylic acids is 1. The Bertz CT molecular complexity index is 1350. The van der Waals surface area contributed by atoms with Crippen LogP contribution in [-0.2, 0) is 21.4 Å². The largest absolute Gasteiger partial charge is 0.495 e. The molecule has 0 saturated heterocycles. The summed E-state index contributed by atoms with van der Waals surface area (Å²) in [6.07, 6.45) is 0. The third-order valence-electron chi connectivity index (χ3n) is 5.58. The van der Waals surface area contributed by atoms with Crippen LogP contribution in [0.15, 0.2) is 65.6 Å². The summed E-state index contributed by atoms with van der Waals surface area (Å²) in [6.45, 7) is -0.285. The molecule has 3 aromatic carbocycles. The van der Waals surface area contributed by atoms with Crippen LogP contribution in [0, 0.1) is 0 Å². The van der Waals surface area contributed by atoms with Crippen molar-refractivity contribution < 1.29 is 27.4 Å². The summed E-state index contributed by atoms with van der Waals surface area (Å²) in [4.78, 5) is 14.9. The highest BCUT2D eigenvalue weighted by Crippen LogP contribution is 2.37. The Morgan fingerprint density at radius 3 is 2.08 bits per heavy atom. The molecule has 198 valence electrons. The average Bonchev–Trinajstić information content (AvgIpc) is 2.90. The molecule has 0 heterocycles. The highest BCUT2D eigenvalue weighted by molar-refractivity contribution is 7.92. The normalized spacial score (nSPS) is 11.0. The zero-order valence-corrected chi connectivity index (χ0v) is 22.9. The molecule has 11 heteroatoms. The van der Waals surface area contributed by atoms with Crippen molar-refractivity contribution in [1.82, 2.24) is 5.32 Å². The number of halogens is 1. The van der Waals surface area contributed by atoms with E-state index in [-0.39, 0.29) is 33.6 Å². The fourth-order valence-electron chi connectivity index (χ4n) is 3.56. The number of nitrogens with one attached hydrogen (secondary N) is 1. The summed E-state index contributed by atoms with van der Waals surface area (Å²) in [6, 6.07) is 16.4. The number of methoxy groups -OCH3 is 3. The topological polar surface area (TPSA) is 97.4 Å². The number of nitrogens with zero attached hydrogens (tertiary/aromatic N) is 2. The zero-order valence-electron chi connectivity index (χ0n) is 21.3. The van der Waals surface area contributed by atoms with E-state index in [0.717, 1.165) is 15.6 Å². The van der Waals surface area contributed by atoms with Gasteiger partial charge in [0.25, 0.3) is 10.0 Å². The maximum Gasteiger partial charge on any atom is 0.265 e. The second-order valence-electron chi connectivity index (χ2n) is 8.18. The first-order valence-corrected chi connectivity index (χ1v) is 13.0. The summed E-state index contributed by atoms with van der Waals surface area (Å²) in [5, 5.41) is 3.07. The third kappa shape index (κ3) is 6.58. The van der Waals surface area contributed by atoms with Crippen LogP contribution in [0.25, 0.3) is 0 Å². The fourth-order valence-corrected chi connectivity index (χ4v) is 5.17. The Labute approximate surface area is 222 Å². The van der Waals surface area contributed by atoms with E-state index in [1.54, 1.807) is 12.1 Å². The van der Waals surface area contributed by atoms with Gasteiger partial charge in [0, 0.05) is 37.4 Å².